The highest BCUT2D eigenvalue weighted by molar-refractivity contribution is 6.34. The van der Waals surface area contributed by atoms with E-state index in [9.17, 15) is 14.7 Å². The summed E-state index contributed by atoms with van der Waals surface area (Å²) >= 11 is 11.5. The number of hydrogen-bond acceptors (Lipinski definition) is 3. The number of carboxylic acid groups (broad SMARTS) is 1. The average molecular weight is 303 g/mol. The van der Waals surface area contributed by atoms with E-state index in [4.69, 9.17) is 23.2 Å². The summed E-state index contributed by atoms with van der Waals surface area (Å²) in [5.74, 6) is -1.51. The minimum absolute atomic E-state index is 0.0128. The number of carbonyl (C=O) groups excluding carboxylic acids is 1. The number of aliphatic carboxylic acids is 1. The molecule has 102 valence electrons. The number of aromatic nitrogens is 1. The van der Waals surface area contributed by atoms with Gasteiger partial charge in [0.1, 0.15) is 16.3 Å². The molecule has 1 saturated heterocycles. The first-order valence-electron chi connectivity index (χ1n) is 5.77. The summed E-state index contributed by atoms with van der Waals surface area (Å²) in [6.07, 6.45) is 0.654. The van der Waals surface area contributed by atoms with Crippen molar-refractivity contribution in [3.8, 4) is 0 Å². The normalized spacial score (nSPS) is 22.6. The smallest absolute Gasteiger partial charge is 0.326 e. The number of nitrogens with zero attached hydrogens (tertiary/aromatic N) is 2. The SMILES string of the molecule is CC1CCN(C(=O)c2ccc(Cl)nc2Cl)C1C(=O)O. The van der Waals surface area contributed by atoms with Crippen LogP contribution in [0.25, 0.3) is 0 Å². The van der Waals surface area contributed by atoms with Crippen LogP contribution >= 0.6 is 23.2 Å². The maximum absolute atomic E-state index is 12.3. The number of rotatable bonds is 2. The molecular formula is C12H12Cl2N2O3. The molecule has 19 heavy (non-hydrogen) atoms. The fraction of sp³-hybridized carbons (Fsp3) is 0.417. The quantitative estimate of drug-likeness (QED) is 0.851. The summed E-state index contributed by atoms with van der Waals surface area (Å²) in [4.78, 5) is 28.7. The Bertz CT molecular complexity index is 536. The van der Waals surface area contributed by atoms with Gasteiger partial charge in [0.2, 0.25) is 0 Å². The van der Waals surface area contributed by atoms with Crippen LogP contribution in [0.5, 0.6) is 0 Å². The number of halogens is 2. The van der Waals surface area contributed by atoms with E-state index in [1.807, 2.05) is 6.92 Å². The van der Waals surface area contributed by atoms with Gasteiger partial charge in [-0.1, -0.05) is 30.1 Å². The zero-order chi connectivity index (χ0) is 14.2. The fourth-order valence-electron chi connectivity index (χ4n) is 2.28. The van der Waals surface area contributed by atoms with Crippen molar-refractivity contribution in [3.05, 3.63) is 28.0 Å². The first kappa shape index (κ1) is 14.1. The molecule has 2 rings (SSSR count). The number of amides is 1. The summed E-state index contributed by atoms with van der Waals surface area (Å²) < 4.78 is 0. The Morgan fingerprint density at radius 2 is 2.11 bits per heavy atom. The third kappa shape index (κ3) is 2.67. The Balaban J connectivity index is 2.31. The van der Waals surface area contributed by atoms with Gasteiger partial charge in [0.15, 0.2) is 0 Å². The van der Waals surface area contributed by atoms with Crippen molar-refractivity contribution in [1.29, 1.82) is 0 Å². The minimum Gasteiger partial charge on any atom is -0.480 e. The zero-order valence-electron chi connectivity index (χ0n) is 10.1. The van der Waals surface area contributed by atoms with E-state index in [0.29, 0.717) is 13.0 Å². The van der Waals surface area contributed by atoms with Crippen LogP contribution in [0.1, 0.15) is 23.7 Å². The highest BCUT2D eigenvalue weighted by Crippen LogP contribution is 2.27. The average Bonchev–Trinajstić information content (AvgIpc) is 2.70. The summed E-state index contributed by atoms with van der Waals surface area (Å²) in [5.41, 5.74) is 0.173. The molecule has 1 aliphatic rings. The standard InChI is InChI=1S/C12H12Cl2N2O3/c1-6-4-5-16(9(6)12(18)19)11(17)7-2-3-8(13)15-10(7)14/h2-3,6,9H,4-5H2,1H3,(H,18,19). The summed E-state index contributed by atoms with van der Waals surface area (Å²) in [6.45, 7) is 2.21. The molecule has 1 fully saturated rings. The molecular weight excluding hydrogens is 291 g/mol. The second-order valence-electron chi connectivity index (χ2n) is 4.52. The van der Waals surface area contributed by atoms with Crippen molar-refractivity contribution >= 4 is 35.1 Å². The van der Waals surface area contributed by atoms with Gasteiger partial charge in [-0.15, -0.1) is 0 Å². The van der Waals surface area contributed by atoms with Crippen molar-refractivity contribution in [2.45, 2.75) is 19.4 Å². The molecule has 1 amide bonds. The van der Waals surface area contributed by atoms with Crippen LogP contribution in [0, 0.1) is 5.92 Å². The van der Waals surface area contributed by atoms with Gasteiger partial charge in [-0.25, -0.2) is 9.78 Å². The van der Waals surface area contributed by atoms with E-state index in [-0.39, 0.29) is 21.8 Å². The first-order valence-corrected chi connectivity index (χ1v) is 6.53. The predicted molar refractivity (Wildman–Crippen MR) is 70.5 cm³/mol. The number of carbonyl (C=O) groups is 2. The minimum atomic E-state index is -1.00. The fourth-order valence-corrected chi connectivity index (χ4v) is 2.70. The van der Waals surface area contributed by atoms with E-state index in [2.05, 4.69) is 4.98 Å². The number of likely N-dealkylation sites (tertiary alicyclic amines) is 1. The molecule has 1 aromatic rings. The molecule has 0 aromatic carbocycles. The maximum atomic E-state index is 12.3. The number of pyridine rings is 1. The van der Waals surface area contributed by atoms with Crippen LogP contribution in [0.15, 0.2) is 12.1 Å². The predicted octanol–water partition coefficient (Wildman–Crippen LogP) is 2.32. The van der Waals surface area contributed by atoms with Crippen molar-refractivity contribution < 1.29 is 14.7 Å². The molecule has 2 atom stereocenters. The molecule has 1 N–H and O–H groups in total. The van der Waals surface area contributed by atoms with Crippen molar-refractivity contribution in [2.75, 3.05) is 6.54 Å². The second-order valence-corrected chi connectivity index (χ2v) is 5.27. The van der Waals surface area contributed by atoms with E-state index < -0.39 is 17.9 Å². The lowest BCUT2D eigenvalue weighted by molar-refractivity contribution is -0.142. The molecule has 0 bridgehead atoms. The van der Waals surface area contributed by atoms with Gasteiger partial charge in [-0.3, -0.25) is 4.79 Å². The Labute approximate surface area is 120 Å². The highest BCUT2D eigenvalue weighted by atomic mass is 35.5. The molecule has 0 radical (unpaired) electrons. The number of hydrogen-bond donors (Lipinski definition) is 1. The lowest BCUT2D eigenvalue weighted by Crippen LogP contribution is -2.42. The monoisotopic (exact) mass is 302 g/mol. The van der Waals surface area contributed by atoms with E-state index in [1.165, 1.54) is 17.0 Å². The number of carboxylic acids is 1. The van der Waals surface area contributed by atoms with E-state index in [1.54, 1.807) is 0 Å². The summed E-state index contributed by atoms with van der Waals surface area (Å²) in [5, 5.41) is 9.37. The van der Waals surface area contributed by atoms with Crippen molar-refractivity contribution in [1.82, 2.24) is 9.88 Å². The molecule has 1 aromatic heterocycles. The van der Waals surface area contributed by atoms with Gasteiger partial charge in [0.05, 0.1) is 5.56 Å². The van der Waals surface area contributed by atoms with Gasteiger partial charge in [-0.2, -0.15) is 0 Å². The lowest BCUT2D eigenvalue weighted by atomic mass is 10.0. The van der Waals surface area contributed by atoms with Gasteiger partial charge in [0.25, 0.3) is 5.91 Å². The van der Waals surface area contributed by atoms with Crippen molar-refractivity contribution in [3.63, 3.8) is 0 Å². The third-order valence-electron chi connectivity index (χ3n) is 3.26. The molecule has 7 heteroatoms. The van der Waals surface area contributed by atoms with Crippen LogP contribution in [0.2, 0.25) is 10.3 Å². The third-order valence-corrected chi connectivity index (χ3v) is 3.76. The van der Waals surface area contributed by atoms with Gasteiger partial charge in [0, 0.05) is 6.54 Å². The van der Waals surface area contributed by atoms with E-state index in [0.717, 1.165) is 0 Å². The van der Waals surface area contributed by atoms with Crippen LogP contribution in [-0.4, -0.2) is 39.5 Å². The molecule has 1 aliphatic heterocycles. The molecule has 0 aliphatic carbocycles. The first-order chi connectivity index (χ1) is 8.91. The maximum Gasteiger partial charge on any atom is 0.326 e. The molecule has 5 nitrogen and oxygen atoms in total. The van der Waals surface area contributed by atoms with Crippen LogP contribution in [0.4, 0.5) is 0 Å². The molecule has 0 saturated carbocycles. The summed E-state index contributed by atoms with van der Waals surface area (Å²) in [7, 11) is 0. The van der Waals surface area contributed by atoms with Crippen molar-refractivity contribution in [2.24, 2.45) is 5.92 Å². The molecule has 2 heterocycles. The molecule has 0 spiro atoms. The van der Waals surface area contributed by atoms with Crippen LogP contribution < -0.4 is 0 Å². The topological polar surface area (TPSA) is 70.5 Å². The van der Waals surface area contributed by atoms with Crippen LogP contribution in [0.3, 0.4) is 0 Å². The Hall–Kier alpha value is -1.33. The van der Waals surface area contributed by atoms with Gasteiger partial charge < -0.3 is 10.0 Å². The second kappa shape index (κ2) is 5.35. The van der Waals surface area contributed by atoms with Gasteiger partial charge in [-0.05, 0) is 24.5 Å². The largest absolute Gasteiger partial charge is 0.480 e. The Kier molecular flexibility index (Phi) is 3.96. The van der Waals surface area contributed by atoms with Crippen LogP contribution in [-0.2, 0) is 4.79 Å². The molecule has 2 unspecified atom stereocenters. The highest BCUT2D eigenvalue weighted by Gasteiger charge is 2.40. The Morgan fingerprint density at radius 3 is 2.68 bits per heavy atom. The zero-order valence-corrected chi connectivity index (χ0v) is 11.6. The lowest BCUT2D eigenvalue weighted by Gasteiger charge is -2.23. The summed E-state index contributed by atoms with van der Waals surface area (Å²) in [6, 6.07) is 2.09. The Morgan fingerprint density at radius 1 is 1.42 bits per heavy atom. The van der Waals surface area contributed by atoms with E-state index >= 15 is 0 Å². The van der Waals surface area contributed by atoms with Gasteiger partial charge >= 0.3 is 5.97 Å².